The molecule has 105 heavy (non-hydrogen) atoms. The van der Waals surface area contributed by atoms with Crippen molar-refractivity contribution in [2.75, 3.05) is 54.2 Å². The molecule has 0 saturated carbocycles. The number of nitrogens with zero attached hydrogens (tertiary/aromatic N) is 6. The minimum Gasteiger partial charge on any atom is -0.464 e. The lowest BCUT2D eigenvalue weighted by atomic mass is 9.79. The van der Waals surface area contributed by atoms with Crippen molar-refractivity contribution in [2.24, 2.45) is 0 Å². The first-order chi connectivity index (χ1) is 50.2. The predicted molar refractivity (Wildman–Crippen MR) is 446 cm³/mol. The molecule has 1 aromatic heterocycles. The molecule has 1 aromatic rings. The van der Waals surface area contributed by atoms with Crippen LogP contribution in [0.2, 0.25) is 0 Å². The van der Waals surface area contributed by atoms with Crippen LogP contribution in [0.4, 0.5) is 17.8 Å². The van der Waals surface area contributed by atoms with Crippen LogP contribution in [0.1, 0.15) is 451 Å². The van der Waals surface area contributed by atoms with Gasteiger partial charge in [0.15, 0.2) is 0 Å². The molecular weight excluding hydrogens is 1300 g/mol. The van der Waals surface area contributed by atoms with Gasteiger partial charge < -0.3 is 44.9 Å². The van der Waals surface area contributed by atoms with Crippen molar-refractivity contribution < 1.29 is 28.6 Å². The van der Waals surface area contributed by atoms with Gasteiger partial charge in [-0.3, -0.25) is 14.4 Å². The lowest BCUT2D eigenvalue weighted by Gasteiger charge is -2.51. The third-order valence-electron chi connectivity index (χ3n) is 22.9. The van der Waals surface area contributed by atoms with E-state index in [9.17, 15) is 14.4 Å². The number of esters is 3. The van der Waals surface area contributed by atoms with E-state index in [0.29, 0.717) is 56.7 Å². The third-order valence-corrected chi connectivity index (χ3v) is 22.9. The quantitative estimate of drug-likeness (QED) is 0.0320. The molecule has 4 rings (SSSR count). The number of piperidine rings is 3. The van der Waals surface area contributed by atoms with Crippen molar-refractivity contribution in [3.05, 3.63) is 0 Å². The van der Waals surface area contributed by atoms with Crippen LogP contribution in [0.25, 0.3) is 0 Å². The average Bonchev–Trinajstić information content (AvgIpc) is 0.772. The highest BCUT2D eigenvalue weighted by Crippen LogP contribution is 2.39. The molecule has 0 spiro atoms. The van der Waals surface area contributed by atoms with Crippen LogP contribution in [-0.4, -0.2) is 124 Å². The largest absolute Gasteiger partial charge is 0.464 e. The molecule has 15 nitrogen and oxygen atoms in total. The first-order valence-corrected chi connectivity index (χ1v) is 45.1. The minimum absolute atomic E-state index is 0.0228. The van der Waals surface area contributed by atoms with Crippen LogP contribution in [-0.2, 0) is 28.6 Å². The fourth-order valence-corrected chi connectivity index (χ4v) is 18.4. The molecule has 0 amide bonds. The van der Waals surface area contributed by atoms with Gasteiger partial charge in [0, 0.05) is 70.6 Å². The number of carbonyl (C=O) groups is 3. The van der Waals surface area contributed by atoms with Crippen LogP contribution < -0.4 is 30.7 Å². The van der Waals surface area contributed by atoms with E-state index >= 15 is 0 Å². The highest BCUT2D eigenvalue weighted by Gasteiger charge is 2.45. The average molecular weight is 1480 g/mol. The summed E-state index contributed by atoms with van der Waals surface area (Å²) in [5.41, 5.74) is -1.35. The highest BCUT2D eigenvalue weighted by atomic mass is 16.5. The number of unbranched alkanes of at least 4 members (excludes halogenated alkanes) is 42. The number of aromatic nitrogens is 3. The molecule has 0 unspecified atom stereocenters. The fraction of sp³-hybridized carbons (Fsp3) is 0.933. The van der Waals surface area contributed by atoms with E-state index in [1.165, 1.54) is 231 Å². The zero-order valence-electron chi connectivity index (χ0n) is 71.8. The summed E-state index contributed by atoms with van der Waals surface area (Å²) in [5, 5.41) is 11.8. The summed E-state index contributed by atoms with van der Waals surface area (Å²) < 4.78 is 18.8. The maximum absolute atomic E-state index is 13.8. The Hall–Kier alpha value is -3.30. The standard InChI is InChI=1S/C90H171N9O6/c1-16-19-22-25-28-31-34-37-40-43-46-49-52-55-58-61-79(100)103-67-64-97(76-70-85(4,5)94-86(6,7)71-76)82-91-83(98(77-72-87(8,9)95-88(10,11)73-77)65-68-104-80(101)62-59-56-53-50-47-44-41-38-35-32-29-26-23-20-17-2)93-84(92-82)99(78-74-89(12,13)96-90(14,15)75-78)66-69-105-81(102)63-60-57-54-51-48-45-42-39-36-33-30-27-24-21-18-3/h76-78,94-96H,16-75H2,1-15H3. The number of hydrogen-bond acceptors (Lipinski definition) is 15. The van der Waals surface area contributed by atoms with Gasteiger partial charge in [0.05, 0.1) is 19.6 Å². The van der Waals surface area contributed by atoms with E-state index in [0.717, 1.165) is 96.3 Å². The van der Waals surface area contributed by atoms with Crippen molar-refractivity contribution >= 4 is 35.8 Å². The van der Waals surface area contributed by atoms with E-state index < -0.39 is 0 Å². The number of anilines is 3. The van der Waals surface area contributed by atoms with E-state index in [1.807, 2.05) is 0 Å². The molecule has 612 valence electrons. The molecule has 15 heteroatoms. The van der Waals surface area contributed by atoms with Crippen LogP contribution in [0, 0.1) is 0 Å². The Bertz CT molecular complexity index is 2100. The second kappa shape index (κ2) is 52.8. The molecule has 3 fully saturated rings. The zero-order chi connectivity index (χ0) is 76.7. The lowest BCUT2D eigenvalue weighted by molar-refractivity contribution is -0.144. The molecule has 4 heterocycles. The molecule has 0 bridgehead atoms. The number of hydrogen-bond donors (Lipinski definition) is 3. The minimum atomic E-state index is -0.225. The Kier molecular flexibility index (Phi) is 47.3. The molecule has 3 saturated heterocycles. The van der Waals surface area contributed by atoms with Gasteiger partial charge in [-0.25, -0.2) is 0 Å². The topological polar surface area (TPSA) is 163 Å². The summed E-state index contributed by atoms with van der Waals surface area (Å²) in [6.07, 6.45) is 63.6. The van der Waals surface area contributed by atoms with Gasteiger partial charge >= 0.3 is 17.9 Å². The summed E-state index contributed by atoms with van der Waals surface area (Å²) in [4.78, 5) is 65.4. The monoisotopic (exact) mass is 1470 g/mol. The summed E-state index contributed by atoms with van der Waals surface area (Å²) in [7, 11) is 0. The van der Waals surface area contributed by atoms with Gasteiger partial charge in [-0.05, 0) is 141 Å². The fourth-order valence-electron chi connectivity index (χ4n) is 18.4. The van der Waals surface area contributed by atoms with Crippen molar-refractivity contribution in [1.29, 1.82) is 0 Å². The third kappa shape index (κ3) is 43.8. The van der Waals surface area contributed by atoms with E-state index in [4.69, 9.17) is 29.2 Å². The first kappa shape index (κ1) is 94.1. The van der Waals surface area contributed by atoms with Gasteiger partial charge in [-0.1, -0.05) is 290 Å². The molecule has 0 atom stereocenters. The van der Waals surface area contributed by atoms with Crippen LogP contribution in [0.15, 0.2) is 0 Å². The van der Waals surface area contributed by atoms with Crippen molar-refractivity contribution in [3.8, 4) is 0 Å². The predicted octanol–water partition coefficient (Wildman–Crippen LogP) is 23.6. The number of nitrogens with one attached hydrogen (secondary N) is 3. The van der Waals surface area contributed by atoms with Crippen molar-refractivity contribution in [3.63, 3.8) is 0 Å². The Balaban J connectivity index is 1.61. The number of ether oxygens (including phenoxy) is 3. The van der Waals surface area contributed by atoms with Crippen LogP contribution in [0.3, 0.4) is 0 Å². The zero-order valence-corrected chi connectivity index (χ0v) is 71.8. The Morgan fingerprint density at radius 1 is 0.276 bits per heavy atom. The molecule has 3 N–H and O–H groups in total. The maximum atomic E-state index is 13.8. The van der Waals surface area contributed by atoms with Gasteiger partial charge in [-0.2, -0.15) is 15.0 Å². The summed E-state index contributed by atoms with van der Waals surface area (Å²) in [6, 6.07) is -0.0685. The normalized spacial score (nSPS) is 17.7. The molecule has 0 radical (unpaired) electrons. The second-order valence-corrected chi connectivity index (χ2v) is 37.4. The van der Waals surface area contributed by atoms with Crippen LogP contribution in [0.5, 0.6) is 0 Å². The van der Waals surface area contributed by atoms with Crippen molar-refractivity contribution in [1.82, 2.24) is 30.9 Å². The van der Waals surface area contributed by atoms with Gasteiger partial charge in [-0.15, -0.1) is 0 Å². The number of rotatable bonds is 63. The Labute approximate surface area is 648 Å². The molecule has 3 aliphatic heterocycles. The van der Waals surface area contributed by atoms with E-state index in [2.05, 4.69) is 135 Å². The number of carbonyl (C=O) groups excluding carboxylic acids is 3. The summed E-state index contributed by atoms with van der Waals surface area (Å²) in [5.74, 6) is 1.16. The Morgan fingerprint density at radius 3 is 0.590 bits per heavy atom. The molecule has 0 aliphatic carbocycles. The SMILES string of the molecule is CCCCCCCCCCCCCCCCCC(=O)OCCN(c1nc(N(CCOC(=O)CCCCCCCCCCCCCCCCC)C2CC(C)(C)NC(C)(C)C2)nc(N(CCOC(=O)CCCCCCCCCCCCCCCCC)C2CC(C)(C)NC(C)(C)C2)n1)C1CC(C)(C)NC(C)(C)C1. The molecular formula is C90H171N9O6. The van der Waals surface area contributed by atoms with Gasteiger partial charge in [0.25, 0.3) is 0 Å². The Morgan fingerprint density at radius 2 is 0.429 bits per heavy atom. The molecule has 0 aromatic carbocycles. The lowest BCUT2D eigenvalue weighted by Crippen LogP contribution is -2.63. The first-order valence-electron chi connectivity index (χ1n) is 45.1. The van der Waals surface area contributed by atoms with E-state index in [-0.39, 0.29) is 89.1 Å². The summed E-state index contributed by atoms with van der Waals surface area (Å²) >= 11 is 0. The van der Waals surface area contributed by atoms with Gasteiger partial charge in [0.1, 0.15) is 19.8 Å². The maximum Gasteiger partial charge on any atom is 0.305 e. The van der Waals surface area contributed by atoms with Crippen LogP contribution >= 0.6 is 0 Å². The van der Waals surface area contributed by atoms with Crippen molar-refractivity contribution in [2.45, 2.75) is 502 Å². The summed E-state index contributed by atoms with van der Waals surface area (Å²) in [6.45, 7) is 36.1. The molecule has 3 aliphatic rings. The second-order valence-electron chi connectivity index (χ2n) is 37.4. The smallest absolute Gasteiger partial charge is 0.305 e. The van der Waals surface area contributed by atoms with E-state index in [1.54, 1.807) is 0 Å². The van der Waals surface area contributed by atoms with Gasteiger partial charge in [0.2, 0.25) is 17.8 Å². The highest BCUT2D eigenvalue weighted by molar-refractivity contribution is 5.70.